The van der Waals surface area contributed by atoms with Crippen LogP contribution < -0.4 is 4.72 Å². The van der Waals surface area contributed by atoms with E-state index in [2.05, 4.69) is 9.82 Å². The predicted molar refractivity (Wildman–Crippen MR) is 74.3 cm³/mol. The SMILES string of the molecule is Cc1c(CNS(=O)(=O)c2ccccc2CO)cnn1C. The fraction of sp³-hybridized carbons (Fsp3) is 0.308. The van der Waals surface area contributed by atoms with Gasteiger partial charge in [-0.1, -0.05) is 18.2 Å². The van der Waals surface area contributed by atoms with Gasteiger partial charge in [0.25, 0.3) is 0 Å². The summed E-state index contributed by atoms with van der Waals surface area (Å²) in [6, 6.07) is 6.38. The molecule has 2 aromatic rings. The Morgan fingerprint density at radius 3 is 2.60 bits per heavy atom. The van der Waals surface area contributed by atoms with Crippen LogP contribution in [0.15, 0.2) is 35.4 Å². The third-order valence-electron chi connectivity index (χ3n) is 3.22. The van der Waals surface area contributed by atoms with E-state index in [1.165, 1.54) is 6.07 Å². The highest BCUT2D eigenvalue weighted by molar-refractivity contribution is 7.89. The third-order valence-corrected chi connectivity index (χ3v) is 4.72. The fourth-order valence-electron chi connectivity index (χ4n) is 1.86. The van der Waals surface area contributed by atoms with Crippen molar-refractivity contribution in [2.24, 2.45) is 7.05 Å². The van der Waals surface area contributed by atoms with E-state index in [-0.39, 0.29) is 18.0 Å². The van der Waals surface area contributed by atoms with Gasteiger partial charge in [0, 0.05) is 24.8 Å². The monoisotopic (exact) mass is 295 g/mol. The lowest BCUT2D eigenvalue weighted by Gasteiger charge is -2.09. The maximum atomic E-state index is 12.3. The molecule has 0 amide bonds. The molecule has 1 aromatic heterocycles. The summed E-state index contributed by atoms with van der Waals surface area (Å²) < 4.78 is 28.7. The van der Waals surface area contributed by atoms with Crippen LogP contribution in [-0.4, -0.2) is 23.3 Å². The molecular formula is C13H17N3O3S. The molecule has 0 saturated carbocycles. The average molecular weight is 295 g/mol. The highest BCUT2D eigenvalue weighted by atomic mass is 32.2. The number of nitrogens with one attached hydrogen (secondary N) is 1. The van der Waals surface area contributed by atoms with E-state index in [1.54, 1.807) is 36.1 Å². The molecule has 2 N–H and O–H groups in total. The van der Waals surface area contributed by atoms with Crippen LogP contribution in [0.5, 0.6) is 0 Å². The van der Waals surface area contributed by atoms with Crippen molar-refractivity contribution in [2.45, 2.75) is 25.0 Å². The van der Waals surface area contributed by atoms with Crippen LogP contribution in [-0.2, 0) is 30.2 Å². The van der Waals surface area contributed by atoms with E-state index in [9.17, 15) is 13.5 Å². The van der Waals surface area contributed by atoms with Gasteiger partial charge < -0.3 is 5.11 Å². The lowest BCUT2D eigenvalue weighted by atomic mass is 10.2. The second-order valence-electron chi connectivity index (χ2n) is 4.47. The van der Waals surface area contributed by atoms with Crippen LogP contribution in [0.25, 0.3) is 0 Å². The summed E-state index contributed by atoms with van der Waals surface area (Å²) >= 11 is 0. The maximum Gasteiger partial charge on any atom is 0.241 e. The molecule has 0 aliphatic heterocycles. The molecule has 1 heterocycles. The van der Waals surface area contributed by atoms with Crippen LogP contribution in [0.3, 0.4) is 0 Å². The van der Waals surface area contributed by atoms with Crippen molar-refractivity contribution in [3.8, 4) is 0 Å². The van der Waals surface area contributed by atoms with Gasteiger partial charge >= 0.3 is 0 Å². The van der Waals surface area contributed by atoms with Crippen molar-refractivity contribution in [3.05, 3.63) is 47.3 Å². The molecule has 0 atom stereocenters. The van der Waals surface area contributed by atoms with Crippen molar-refractivity contribution < 1.29 is 13.5 Å². The number of aliphatic hydroxyl groups is 1. The zero-order valence-electron chi connectivity index (χ0n) is 11.4. The zero-order valence-corrected chi connectivity index (χ0v) is 12.2. The van der Waals surface area contributed by atoms with E-state index < -0.39 is 10.0 Å². The summed E-state index contributed by atoms with van der Waals surface area (Å²) in [6.45, 7) is 1.73. The number of benzene rings is 1. The molecule has 108 valence electrons. The van der Waals surface area contributed by atoms with Gasteiger partial charge in [0.2, 0.25) is 10.0 Å². The number of aromatic nitrogens is 2. The lowest BCUT2D eigenvalue weighted by Crippen LogP contribution is -2.24. The molecule has 1 aromatic carbocycles. The van der Waals surface area contributed by atoms with Gasteiger partial charge in [0.05, 0.1) is 17.7 Å². The van der Waals surface area contributed by atoms with Crippen molar-refractivity contribution >= 4 is 10.0 Å². The maximum absolute atomic E-state index is 12.3. The first kappa shape index (κ1) is 14.7. The summed E-state index contributed by atoms with van der Waals surface area (Å²) in [7, 11) is -1.86. The zero-order chi connectivity index (χ0) is 14.8. The highest BCUT2D eigenvalue weighted by Gasteiger charge is 2.18. The van der Waals surface area contributed by atoms with Crippen molar-refractivity contribution in [1.29, 1.82) is 0 Å². The van der Waals surface area contributed by atoms with E-state index in [0.29, 0.717) is 5.56 Å². The number of nitrogens with zero attached hydrogens (tertiary/aromatic N) is 2. The molecule has 0 radical (unpaired) electrons. The van der Waals surface area contributed by atoms with Crippen molar-refractivity contribution in [2.75, 3.05) is 0 Å². The number of sulfonamides is 1. The molecule has 0 aliphatic rings. The molecule has 0 unspecified atom stereocenters. The molecule has 20 heavy (non-hydrogen) atoms. The topological polar surface area (TPSA) is 84.2 Å². The van der Waals surface area contributed by atoms with Gasteiger partial charge in [-0.25, -0.2) is 13.1 Å². The second kappa shape index (κ2) is 5.74. The normalized spacial score (nSPS) is 11.8. The molecular weight excluding hydrogens is 278 g/mol. The first-order valence-electron chi connectivity index (χ1n) is 6.11. The van der Waals surface area contributed by atoms with Gasteiger partial charge in [-0.2, -0.15) is 5.10 Å². The Morgan fingerprint density at radius 1 is 1.30 bits per heavy atom. The van der Waals surface area contributed by atoms with E-state index >= 15 is 0 Å². The number of aliphatic hydroxyl groups excluding tert-OH is 1. The Bertz CT molecular complexity index is 707. The van der Waals surface area contributed by atoms with Crippen molar-refractivity contribution in [1.82, 2.24) is 14.5 Å². The summed E-state index contributed by atoms with van der Waals surface area (Å²) in [5.74, 6) is 0. The van der Waals surface area contributed by atoms with Crippen molar-refractivity contribution in [3.63, 3.8) is 0 Å². The largest absolute Gasteiger partial charge is 0.392 e. The summed E-state index contributed by atoms with van der Waals surface area (Å²) in [5.41, 5.74) is 2.10. The van der Waals surface area contributed by atoms with Crippen LogP contribution in [0.1, 0.15) is 16.8 Å². The Balaban J connectivity index is 2.22. The highest BCUT2D eigenvalue weighted by Crippen LogP contribution is 2.16. The van der Waals surface area contributed by atoms with Gasteiger partial charge in [0.15, 0.2) is 0 Å². The number of rotatable bonds is 5. The van der Waals surface area contributed by atoms with Gasteiger partial charge in [0.1, 0.15) is 0 Å². The minimum Gasteiger partial charge on any atom is -0.392 e. The Labute approximate surface area is 118 Å². The molecule has 2 rings (SSSR count). The first-order valence-corrected chi connectivity index (χ1v) is 7.60. The standard InChI is InChI=1S/C13H17N3O3S/c1-10-12(7-14-16(10)2)8-15-20(18,19)13-6-4-3-5-11(13)9-17/h3-7,15,17H,8-9H2,1-2H3. The third kappa shape index (κ3) is 2.90. The van der Waals surface area contributed by atoms with Crippen LogP contribution in [0.4, 0.5) is 0 Å². The molecule has 0 spiro atoms. The predicted octanol–water partition coefficient (Wildman–Crippen LogP) is 0.699. The Hall–Kier alpha value is -1.70. The minimum atomic E-state index is -3.66. The Morgan fingerprint density at radius 2 is 2.00 bits per heavy atom. The quantitative estimate of drug-likeness (QED) is 0.850. The number of hydrogen-bond acceptors (Lipinski definition) is 4. The van der Waals surface area contributed by atoms with Crippen LogP contribution in [0, 0.1) is 6.92 Å². The molecule has 7 heteroatoms. The van der Waals surface area contributed by atoms with E-state index in [0.717, 1.165) is 11.3 Å². The van der Waals surface area contributed by atoms with Gasteiger partial charge in [-0.05, 0) is 18.6 Å². The molecule has 0 saturated heterocycles. The van der Waals surface area contributed by atoms with Crippen LogP contribution in [0.2, 0.25) is 0 Å². The summed E-state index contributed by atoms with van der Waals surface area (Å²) in [6.07, 6.45) is 1.63. The van der Waals surface area contributed by atoms with Crippen LogP contribution >= 0.6 is 0 Å². The average Bonchev–Trinajstić information content (AvgIpc) is 2.76. The molecule has 0 bridgehead atoms. The Kier molecular flexibility index (Phi) is 4.22. The van der Waals surface area contributed by atoms with Gasteiger partial charge in [-0.15, -0.1) is 0 Å². The van der Waals surface area contributed by atoms with Gasteiger partial charge in [-0.3, -0.25) is 4.68 Å². The number of aryl methyl sites for hydroxylation is 1. The fourth-order valence-corrected chi connectivity index (χ4v) is 3.10. The van der Waals surface area contributed by atoms with E-state index in [1.807, 2.05) is 6.92 Å². The minimum absolute atomic E-state index is 0.101. The molecule has 0 aliphatic carbocycles. The summed E-state index contributed by atoms with van der Waals surface area (Å²) in [5, 5.41) is 13.3. The molecule has 6 nitrogen and oxygen atoms in total. The smallest absolute Gasteiger partial charge is 0.241 e. The second-order valence-corrected chi connectivity index (χ2v) is 6.20. The lowest BCUT2D eigenvalue weighted by molar-refractivity contribution is 0.278. The number of hydrogen-bond donors (Lipinski definition) is 2. The summed E-state index contributed by atoms with van der Waals surface area (Å²) in [4.78, 5) is 0.101. The first-order chi connectivity index (χ1) is 9.45. The van der Waals surface area contributed by atoms with E-state index in [4.69, 9.17) is 0 Å². The molecule has 0 fully saturated rings.